The molecule has 2 heterocycles. The van der Waals surface area contributed by atoms with E-state index in [1.807, 2.05) is 0 Å². The molecule has 0 amide bonds. The number of ketones is 1. The summed E-state index contributed by atoms with van der Waals surface area (Å²) in [6.07, 6.45) is 17.8. The molecule has 2 nitrogen and oxygen atoms in total. The summed E-state index contributed by atoms with van der Waals surface area (Å²) >= 11 is 4.65. The zero-order valence-electron chi connectivity index (χ0n) is 21.5. The molecule has 0 aromatic carbocycles. The molecule has 2 saturated heterocycles. The van der Waals surface area contributed by atoms with Crippen LogP contribution in [-0.2, 0) is 4.79 Å². The minimum atomic E-state index is -0.115. The van der Waals surface area contributed by atoms with Gasteiger partial charge in [-0.1, -0.05) is 59.8 Å². The Morgan fingerprint density at radius 1 is 0.871 bits per heavy atom. The molecule has 4 heteroatoms. The summed E-state index contributed by atoms with van der Waals surface area (Å²) in [5.41, 5.74) is 0.167. The Morgan fingerprint density at radius 2 is 1.45 bits per heavy atom. The number of carbonyl (C=O) groups is 1. The number of hydrogen-bond acceptors (Lipinski definition) is 4. The van der Waals surface area contributed by atoms with Gasteiger partial charge in [0.1, 0.15) is 5.78 Å². The fourth-order valence-corrected chi connectivity index (χ4v) is 8.76. The Bertz CT molecular complexity index is 547. The van der Waals surface area contributed by atoms with Gasteiger partial charge in [0.15, 0.2) is 0 Å². The summed E-state index contributed by atoms with van der Waals surface area (Å²) in [5.74, 6) is 0.457. The smallest absolute Gasteiger partial charge is 0.138 e. The quantitative estimate of drug-likeness (QED) is 0.244. The maximum atomic E-state index is 12.2. The monoisotopic (exact) mass is 469 g/mol. The van der Waals surface area contributed by atoms with E-state index in [-0.39, 0.29) is 11.0 Å². The Labute approximate surface area is 202 Å². The lowest BCUT2D eigenvalue weighted by atomic mass is 9.83. The molecule has 2 aliphatic rings. The molecule has 1 N–H and O–H groups in total. The standard InChI is InChI=1S/C27H51NOS2/c1-7-25(3,4)24(29)16-14-12-10-9-11-13-15-22-17-19-27(30-22)20-18-23(31-27)21-28-26(5,6)8-2/h22-23,28H,7-21H2,1-6H3. The lowest BCUT2D eigenvalue weighted by Gasteiger charge is -2.27. The molecule has 0 radical (unpaired) electrons. The van der Waals surface area contributed by atoms with Crippen LogP contribution in [0.1, 0.15) is 131 Å². The van der Waals surface area contributed by atoms with Crippen molar-refractivity contribution in [1.82, 2.24) is 5.32 Å². The lowest BCUT2D eigenvalue weighted by Crippen LogP contribution is -2.41. The number of Topliss-reactive ketones (excluding diaryl/α,β-unsaturated/α-hetero) is 1. The molecule has 3 atom stereocenters. The van der Waals surface area contributed by atoms with Crippen molar-refractivity contribution in [2.24, 2.45) is 5.41 Å². The summed E-state index contributed by atoms with van der Waals surface area (Å²) in [5, 5.41) is 5.51. The van der Waals surface area contributed by atoms with Gasteiger partial charge >= 0.3 is 0 Å². The topological polar surface area (TPSA) is 29.1 Å². The Balaban J connectivity index is 1.51. The van der Waals surface area contributed by atoms with E-state index in [0.717, 1.165) is 29.8 Å². The van der Waals surface area contributed by atoms with Gasteiger partial charge in [-0.2, -0.15) is 0 Å². The minimum Gasteiger partial charge on any atom is -0.311 e. The number of rotatable bonds is 15. The first kappa shape index (κ1) is 27.6. The number of nitrogens with one attached hydrogen (secondary N) is 1. The van der Waals surface area contributed by atoms with E-state index in [2.05, 4.69) is 70.4 Å². The van der Waals surface area contributed by atoms with Crippen molar-refractivity contribution in [1.29, 1.82) is 0 Å². The molecule has 182 valence electrons. The van der Waals surface area contributed by atoms with Crippen LogP contribution >= 0.6 is 23.5 Å². The zero-order valence-corrected chi connectivity index (χ0v) is 23.1. The third-order valence-corrected chi connectivity index (χ3v) is 11.8. The van der Waals surface area contributed by atoms with Crippen molar-refractivity contribution in [3.8, 4) is 0 Å². The first-order valence-corrected chi connectivity index (χ1v) is 15.0. The van der Waals surface area contributed by atoms with Crippen molar-refractivity contribution < 1.29 is 4.79 Å². The highest BCUT2D eigenvalue weighted by Crippen LogP contribution is 2.60. The third kappa shape index (κ3) is 9.24. The van der Waals surface area contributed by atoms with Gasteiger partial charge in [0.2, 0.25) is 0 Å². The highest BCUT2D eigenvalue weighted by Gasteiger charge is 2.45. The molecule has 31 heavy (non-hydrogen) atoms. The van der Waals surface area contributed by atoms with E-state index in [0.29, 0.717) is 9.86 Å². The van der Waals surface area contributed by atoms with Crippen LogP contribution in [-0.4, -0.2) is 32.4 Å². The molecule has 2 rings (SSSR count). The highest BCUT2D eigenvalue weighted by atomic mass is 32.2. The molecule has 2 aliphatic heterocycles. The van der Waals surface area contributed by atoms with E-state index < -0.39 is 0 Å². The summed E-state index contributed by atoms with van der Waals surface area (Å²) in [6, 6.07) is 0. The normalized spacial score (nSPS) is 26.8. The van der Waals surface area contributed by atoms with Crippen LogP contribution in [0, 0.1) is 5.41 Å². The molecule has 3 unspecified atom stereocenters. The Morgan fingerprint density at radius 3 is 2.10 bits per heavy atom. The van der Waals surface area contributed by atoms with Crippen LogP contribution in [0.15, 0.2) is 0 Å². The lowest BCUT2D eigenvalue weighted by molar-refractivity contribution is -0.127. The summed E-state index contributed by atoms with van der Waals surface area (Å²) < 4.78 is 0.548. The van der Waals surface area contributed by atoms with Crippen molar-refractivity contribution >= 4 is 29.3 Å². The van der Waals surface area contributed by atoms with Crippen molar-refractivity contribution in [2.45, 2.75) is 152 Å². The average molecular weight is 470 g/mol. The SMILES string of the molecule is CCC(C)(C)NCC1CCC2(CCC(CCCCCCCCC(=O)C(C)(C)CC)S2)S1. The van der Waals surface area contributed by atoms with E-state index in [1.165, 1.54) is 77.2 Å². The van der Waals surface area contributed by atoms with E-state index in [1.54, 1.807) is 0 Å². The molecule has 0 saturated carbocycles. The van der Waals surface area contributed by atoms with Gasteiger partial charge in [0.25, 0.3) is 0 Å². The van der Waals surface area contributed by atoms with Gasteiger partial charge in [-0.3, -0.25) is 4.79 Å². The van der Waals surface area contributed by atoms with Gasteiger partial charge in [-0.25, -0.2) is 0 Å². The van der Waals surface area contributed by atoms with E-state index >= 15 is 0 Å². The van der Waals surface area contributed by atoms with Gasteiger partial charge in [0.05, 0.1) is 4.08 Å². The fourth-order valence-electron chi connectivity index (χ4n) is 4.64. The Hall–Kier alpha value is 0.330. The Kier molecular flexibility index (Phi) is 11.3. The zero-order chi connectivity index (χ0) is 23.0. The van der Waals surface area contributed by atoms with Crippen molar-refractivity contribution in [2.75, 3.05) is 6.54 Å². The van der Waals surface area contributed by atoms with Crippen LogP contribution in [0.3, 0.4) is 0 Å². The number of carbonyl (C=O) groups excluding carboxylic acids is 1. The minimum absolute atomic E-state index is 0.115. The number of unbranched alkanes of at least 4 members (excludes halogenated alkanes) is 5. The fraction of sp³-hybridized carbons (Fsp3) is 0.963. The average Bonchev–Trinajstić information content (AvgIpc) is 3.34. The summed E-state index contributed by atoms with van der Waals surface area (Å²) in [6.45, 7) is 14.4. The van der Waals surface area contributed by atoms with Crippen LogP contribution in [0.2, 0.25) is 0 Å². The molecule has 0 aromatic heterocycles. The van der Waals surface area contributed by atoms with Gasteiger partial charge < -0.3 is 5.32 Å². The predicted octanol–water partition coefficient (Wildman–Crippen LogP) is 8.38. The summed E-state index contributed by atoms with van der Waals surface area (Å²) in [4.78, 5) is 12.2. The molecule has 0 aliphatic carbocycles. The molecule has 0 aromatic rings. The van der Waals surface area contributed by atoms with Gasteiger partial charge in [-0.15, -0.1) is 23.5 Å². The van der Waals surface area contributed by atoms with E-state index in [9.17, 15) is 4.79 Å². The molecule has 2 fully saturated rings. The molecular weight excluding hydrogens is 418 g/mol. The maximum absolute atomic E-state index is 12.2. The maximum Gasteiger partial charge on any atom is 0.138 e. The van der Waals surface area contributed by atoms with Crippen molar-refractivity contribution in [3.63, 3.8) is 0 Å². The van der Waals surface area contributed by atoms with Gasteiger partial charge in [0, 0.05) is 34.4 Å². The molecule has 0 bridgehead atoms. The molecular formula is C27H51NOS2. The first-order chi connectivity index (χ1) is 14.6. The predicted molar refractivity (Wildman–Crippen MR) is 142 cm³/mol. The second kappa shape index (κ2) is 12.7. The van der Waals surface area contributed by atoms with E-state index in [4.69, 9.17) is 0 Å². The summed E-state index contributed by atoms with van der Waals surface area (Å²) in [7, 11) is 0. The highest BCUT2D eigenvalue weighted by molar-refractivity contribution is 8.19. The van der Waals surface area contributed by atoms with Gasteiger partial charge in [-0.05, 0) is 65.2 Å². The molecule has 1 spiro atoms. The number of hydrogen-bond donors (Lipinski definition) is 1. The van der Waals surface area contributed by atoms with Crippen molar-refractivity contribution in [3.05, 3.63) is 0 Å². The number of thioether (sulfide) groups is 2. The second-order valence-corrected chi connectivity index (χ2v) is 15.0. The third-order valence-electron chi connectivity index (χ3n) is 7.97. The second-order valence-electron chi connectivity index (χ2n) is 11.4. The van der Waals surface area contributed by atoms with Crippen LogP contribution in [0.5, 0.6) is 0 Å². The largest absolute Gasteiger partial charge is 0.311 e. The van der Waals surface area contributed by atoms with Crippen LogP contribution in [0.25, 0.3) is 0 Å². The first-order valence-electron chi connectivity index (χ1n) is 13.3. The van der Waals surface area contributed by atoms with Crippen LogP contribution in [0.4, 0.5) is 0 Å². The van der Waals surface area contributed by atoms with Crippen LogP contribution < -0.4 is 5.32 Å².